The van der Waals surface area contributed by atoms with Crippen molar-refractivity contribution in [3.63, 3.8) is 0 Å². The van der Waals surface area contributed by atoms with E-state index >= 15 is 0 Å². The lowest BCUT2D eigenvalue weighted by atomic mass is 10.2. The van der Waals surface area contributed by atoms with Gasteiger partial charge in [0.2, 0.25) is 0 Å². The molecule has 21 heavy (non-hydrogen) atoms. The second kappa shape index (κ2) is 6.62. The molecule has 2 N–H and O–H groups in total. The highest BCUT2D eigenvalue weighted by Gasteiger charge is 2.12. The van der Waals surface area contributed by atoms with Crippen LogP contribution in [0, 0.1) is 6.92 Å². The molecule has 0 bridgehead atoms. The van der Waals surface area contributed by atoms with Crippen LogP contribution >= 0.6 is 27.5 Å². The lowest BCUT2D eigenvalue weighted by Crippen LogP contribution is -2.08. The maximum absolute atomic E-state index is 6.02. The van der Waals surface area contributed by atoms with E-state index in [4.69, 9.17) is 11.6 Å². The minimum atomic E-state index is 0.259. The number of hydrogen-bond donors (Lipinski definition) is 2. The third-order valence-electron chi connectivity index (χ3n) is 3.10. The van der Waals surface area contributed by atoms with E-state index in [-0.39, 0.29) is 5.92 Å². The van der Waals surface area contributed by atoms with Crippen LogP contribution in [0.15, 0.2) is 22.7 Å². The zero-order valence-corrected chi connectivity index (χ0v) is 14.8. The number of nitrogens with zero attached hydrogens (tertiary/aromatic N) is 2. The molecule has 2 aromatic rings. The average molecular weight is 370 g/mol. The van der Waals surface area contributed by atoms with Crippen LogP contribution in [-0.2, 0) is 0 Å². The Morgan fingerprint density at radius 3 is 2.43 bits per heavy atom. The van der Waals surface area contributed by atoms with Crippen LogP contribution in [0.4, 0.5) is 17.3 Å². The number of halogens is 2. The van der Waals surface area contributed by atoms with Crippen molar-refractivity contribution in [2.45, 2.75) is 26.7 Å². The summed E-state index contributed by atoms with van der Waals surface area (Å²) in [6, 6.07) is 5.69. The van der Waals surface area contributed by atoms with Crippen LogP contribution < -0.4 is 10.6 Å². The topological polar surface area (TPSA) is 49.8 Å². The molecule has 0 radical (unpaired) electrons. The monoisotopic (exact) mass is 368 g/mol. The summed E-state index contributed by atoms with van der Waals surface area (Å²) in [5, 5.41) is 7.13. The summed E-state index contributed by atoms with van der Waals surface area (Å²) in [7, 11) is 1.86. The Balaban J connectivity index is 2.42. The van der Waals surface area contributed by atoms with Gasteiger partial charge in [0.15, 0.2) is 0 Å². The first-order valence-electron chi connectivity index (χ1n) is 6.70. The van der Waals surface area contributed by atoms with Crippen molar-refractivity contribution in [1.82, 2.24) is 9.97 Å². The lowest BCUT2D eigenvalue weighted by Gasteiger charge is -2.15. The Labute approximate surface area is 138 Å². The third-order valence-corrected chi connectivity index (χ3v) is 4.31. The molecule has 0 spiro atoms. The first kappa shape index (κ1) is 16.0. The van der Waals surface area contributed by atoms with Gasteiger partial charge < -0.3 is 10.6 Å². The zero-order valence-electron chi connectivity index (χ0n) is 12.5. The van der Waals surface area contributed by atoms with Crippen molar-refractivity contribution >= 4 is 44.9 Å². The quantitative estimate of drug-likeness (QED) is 0.786. The number of anilines is 3. The predicted molar refractivity (Wildman–Crippen MR) is 92.8 cm³/mol. The number of hydrogen-bond acceptors (Lipinski definition) is 4. The summed E-state index contributed by atoms with van der Waals surface area (Å²) >= 11 is 9.45. The SMILES string of the molecule is CNc1nc(C(C)C)nc(Nc2ccc(Cl)c(Br)c2)c1C. The molecule has 0 amide bonds. The molecule has 2 rings (SSSR count). The molecule has 112 valence electrons. The van der Waals surface area contributed by atoms with Gasteiger partial charge in [-0.25, -0.2) is 9.97 Å². The lowest BCUT2D eigenvalue weighted by molar-refractivity contribution is 0.775. The van der Waals surface area contributed by atoms with Gasteiger partial charge in [0.1, 0.15) is 17.5 Å². The Bertz CT molecular complexity index is 658. The van der Waals surface area contributed by atoms with Gasteiger partial charge in [0.05, 0.1) is 5.02 Å². The van der Waals surface area contributed by atoms with Gasteiger partial charge in [-0.1, -0.05) is 25.4 Å². The second-order valence-electron chi connectivity index (χ2n) is 5.06. The highest BCUT2D eigenvalue weighted by molar-refractivity contribution is 9.10. The van der Waals surface area contributed by atoms with E-state index in [1.807, 2.05) is 32.2 Å². The molecular weight excluding hydrogens is 352 g/mol. The fraction of sp³-hybridized carbons (Fsp3) is 0.333. The van der Waals surface area contributed by atoms with Crippen molar-refractivity contribution in [1.29, 1.82) is 0 Å². The van der Waals surface area contributed by atoms with Gasteiger partial charge in [-0.05, 0) is 41.1 Å². The van der Waals surface area contributed by atoms with Crippen LogP contribution in [0.1, 0.15) is 31.2 Å². The molecule has 0 fully saturated rings. The molecule has 6 heteroatoms. The standard InChI is InChI=1S/C15H18BrClN4/c1-8(2)13-20-14(18-4)9(3)15(21-13)19-10-5-6-12(17)11(16)7-10/h5-8H,1-4H3,(H2,18,19,20,21). The minimum absolute atomic E-state index is 0.259. The Kier molecular flexibility index (Phi) is 5.06. The summed E-state index contributed by atoms with van der Waals surface area (Å²) in [5.74, 6) is 2.70. The zero-order chi connectivity index (χ0) is 15.6. The van der Waals surface area contributed by atoms with Gasteiger partial charge in [-0.3, -0.25) is 0 Å². The molecule has 1 aromatic heterocycles. The van der Waals surface area contributed by atoms with Crippen molar-refractivity contribution in [3.8, 4) is 0 Å². The van der Waals surface area contributed by atoms with Gasteiger partial charge in [0, 0.05) is 28.7 Å². The summed E-state index contributed by atoms with van der Waals surface area (Å²) in [6.07, 6.45) is 0. The van der Waals surface area contributed by atoms with Crippen molar-refractivity contribution < 1.29 is 0 Å². The van der Waals surface area contributed by atoms with E-state index in [9.17, 15) is 0 Å². The Morgan fingerprint density at radius 2 is 1.86 bits per heavy atom. The average Bonchev–Trinajstić information content (AvgIpc) is 2.44. The maximum Gasteiger partial charge on any atom is 0.139 e. The summed E-state index contributed by atoms with van der Waals surface area (Å²) in [6.45, 7) is 6.14. The minimum Gasteiger partial charge on any atom is -0.373 e. The molecule has 0 saturated heterocycles. The van der Waals surface area contributed by atoms with E-state index < -0.39 is 0 Å². The summed E-state index contributed by atoms with van der Waals surface area (Å²) in [5.41, 5.74) is 1.90. The number of aromatic nitrogens is 2. The Morgan fingerprint density at radius 1 is 1.19 bits per heavy atom. The van der Waals surface area contributed by atoms with Crippen molar-refractivity contribution in [2.24, 2.45) is 0 Å². The largest absolute Gasteiger partial charge is 0.373 e. The van der Waals surface area contributed by atoms with E-state index in [0.717, 1.165) is 33.2 Å². The summed E-state index contributed by atoms with van der Waals surface area (Å²) in [4.78, 5) is 9.15. The number of benzene rings is 1. The molecule has 0 atom stereocenters. The molecule has 1 aromatic carbocycles. The molecule has 0 saturated carbocycles. The summed E-state index contributed by atoms with van der Waals surface area (Å²) < 4.78 is 0.846. The molecule has 4 nitrogen and oxygen atoms in total. The molecule has 0 aliphatic rings. The van der Waals surface area contributed by atoms with Crippen LogP contribution in [0.5, 0.6) is 0 Å². The van der Waals surface area contributed by atoms with Crippen LogP contribution in [0.3, 0.4) is 0 Å². The first-order valence-corrected chi connectivity index (χ1v) is 7.87. The van der Waals surface area contributed by atoms with E-state index in [0.29, 0.717) is 5.02 Å². The van der Waals surface area contributed by atoms with Crippen LogP contribution in [-0.4, -0.2) is 17.0 Å². The van der Waals surface area contributed by atoms with Gasteiger partial charge in [0.25, 0.3) is 0 Å². The molecular formula is C15H18BrClN4. The fourth-order valence-electron chi connectivity index (χ4n) is 1.87. The van der Waals surface area contributed by atoms with Gasteiger partial charge in [-0.15, -0.1) is 0 Å². The second-order valence-corrected chi connectivity index (χ2v) is 6.32. The van der Waals surface area contributed by atoms with Crippen molar-refractivity contribution in [2.75, 3.05) is 17.7 Å². The first-order chi connectivity index (χ1) is 9.92. The highest BCUT2D eigenvalue weighted by atomic mass is 79.9. The highest BCUT2D eigenvalue weighted by Crippen LogP contribution is 2.29. The number of nitrogens with one attached hydrogen (secondary N) is 2. The van der Waals surface area contributed by atoms with Gasteiger partial charge in [-0.2, -0.15) is 0 Å². The molecule has 1 heterocycles. The fourth-order valence-corrected chi connectivity index (χ4v) is 2.36. The van der Waals surface area contributed by atoms with E-state index in [1.165, 1.54) is 0 Å². The van der Waals surface area contributed by atoms with Crippen LogP contribution in [0.25, 0.3) is 0 Å². The maximum atomic E-state index is 6.02. The smallest absolute Gasteiger partial charge is 0.139 e. The molecule has 0 aliphatic heterocycles. The van der Waals surface area contributed by atoms with E-state index in [2.05, 4.69) is 50.4 Å². The predicted octanol–water partition coefficient (Wildman–Crippen LogP) is 5.11. The third kappa shape index (κ3) is 3.66. The van der Waals surface area contributed by atoms with Crippen LogP contribution in [0.2, 0.25) is 5.02 Å². The normalized spacial score (nSPS) is 10.8. The van der Waals surface area contributed by atoms with E-state index in [1.54, 1.807) is 0 Å². The molecule has 0 aliphatic carbocycles. The Hall–Kier alpha value is -1.33. The van der Waals surface area contributed by atoms with Gasteiger partial charge >= 0.3 is 0 Å². The van der Waals surface area contributed by atoms with Crippen molar-refractivity contribution in [3.05, 3.63) is 39.1 Å². The molecule has 0 unspecified atom stereocenters. The number of rotatable bonds is 4.